The summed E-state index contributed by atoms with van der Waals surface area (Å²) in [7, 11) is 0. The van der Waals surface area contributed by atoms with E-state index in [2.05, 4.69) is 5.32 Å². The fourth-order valence-corrected chi connectivity index (χ4v) is 3.42. The van der Waals surface area contributed by atoms with E-state index in [4.69, 9.17) is 28.4 Å². The highest BCUT2D eigenvalue weighted by Crippen LogP contribution is 2.37. The van der Waals surface area contributed by atoms with Crippen molar-refractivity contribution in [3.8, 4) is 17.2 Å². The van der Waals surface area contributed by atoms with E-state index in [1.54, 1.807) is 32.0 Å². The van der Waals surface area contributed by atoms with Crippen LogP contribution in [0.25, 0.3) is 0 Å². The highest BCUT2D eigenvalue weighted by molar-refractivity contribution is 5.73. The van der Waals surface area contributed by atoms with Crippen molar-refractivity contribution >= 4 is 5.91 Å². The summed E-state index contributed by atoms with van der Waals surface area (Å²) in [6.07, 6.45) is -3.15. The van der Waals surface area contributed by atoms with Crippen molar-refractivity contribution in [1.29, 1.82) is 0 Å². The molecule has 9 nitrogen and oxygen atoms in total. The van der Waals surface area contributed by atoms with Crippen molar-refractivity contribution in [1.82, 2.24) is 5.32 Å². The first-order valence-corrected chi connectivity index (χ1v) is 8.81. The smallest absolute Gasteiger partial charge is 0.231 e. The van der Waals surface area contributed by atoms with E-state index in [-0.39, 0.29) is 19.3 Å². The normalized spacial score (nSPS) is 33.9. The second-order valence-electron chi connectivity index (χ2n) is 7.19. The van der Waals surface area contributed by atoms with Crippen molar-refractivity contribution in [3.05, 3.63) is 18.2 Å². The molecule has 0 aromatic heterocycles. The van der Waals surface area contributed by atoms with Gasteiger partial charge in [-0.1, -0.05) is 0 Å². The molecule has 148 valence electrons. The number of fused-ring (bicyclic) bond motifs is 2. The minimum atomic E-state index is -1.03. The van der Waals surface area contributed by atoms with Crippen LogP contribution in [0.15, 0.2) is 18.2 Å². The highest BCUT2D eigenvalue weighted by Gasteiger charge is 2.52. The lowest BCUT2D eigenvalue weighted by Crippen LogP contribution is -2.69. The molecular weight excluding hydrogens is 358 g/mol. The van der Waals surface area contributed by atoms with Crippen molar-refractivity contribution < 1.29 is 38.3 Å². The molecule has 1 aromatic carbocycles. The first-order chi connectivity index (χ1) is 12.8. The number of carbonyl (C=O) groups is 1. The Morgan fingerprint density at radius 2 is 2.07 bits per heavy atom. The molecule has 4 rings (SSSR count). The van der Waals surface area contributed by atoms with Gasteiger partial charge in [0.05, 0.1) is 6.61 Å². The van der Waals surface area contributed by atoms with E-state index in [1.165, 1.54) is 6.92 Å². The molecule has 0 bridgehead atoms. The number of hydrogen-bond acceptors (Lipinski definition) is 8. The van der Waals surface area contributed by atoms with Crippen molar-refractivity contribution in [2.75, 3.05) is 13.4 Å². The minimum absolute atomic E-state index is 0.153. The Morgan fingerprint density at radius 1 is 1.30 bits per heavy atom. The number of amides is 1. The highest BCUT2D eigenvalue weighted by atomic mass is 16.8. The topological polar surface area (TPSA) is 105 Å². The van der Waals surface area contributed by atoms with Gasteiger partial charge in [0.1, 0.15) is 30.1 Å². The fourth-order valence-electron chi connectivity index (χ4n) is 3.42. The predicted octanol–water partition coefficient (Wildman–Crippen LogP) is 0.536. The van der Waals surface area contributed by atoms with Gasteiger partial charge in [-0.05, 0) is 26.0 Å². The molecule has 0 spiro atoms. The predicted molar refractivity (Wildman–Crippen MR) is 90.4 cm³/mol. The van der Waals surface area contributed by atoms with E-state index < -0.39 is 36.4 Å². The van der Waals surface area contributed by atoms with Crippen LogP contribution in [-0.2, 0) is 19.0 Å². The van der Waals surface area contributed by atoms with Gasteiger partial charge >= 0.3 is 0 Å². The van der Waals surface area contributed by atoms with Gasteiger partial charge in [0.25, 0.3) is 0 Å². The molecular formula is C18H23NO8. The Kier molecular flexibility index (Phi) is 4.63. The molecule has 2 saturated heterocycles. The number of rotatable bonds is 3. The minimum Gasteiger partial charge on any atom is -0.462 e. The standard InChI is InChI=1S/C18H23NO8/c1-9(20)19-14-15(21)16-13(7-24-18(2,3)27-16)26-17(14)25-10-4-5-11-12(6-10)23-8-22-11/h4-6,13-17,21H,7-8H2,1-3H3,(H,19,20). The lowest BCUT2D eigenvalue weighted by Gasteiger charge is -2.49. The number of carbonyl (C=O) groups excluding carboxylic acids is 1. The molecule has 3 aliphatic rings. The average Bonchev–Trinajstić information content (AvgIpc) is 3.06. The molecule has 5 unspecified atom stereocenters. The molecule has 0 saturated carbocycles. The molecule has 1 aromatic rings. The van der Waals surface area contributed by atoms with Crippen LogP contribution in [0.1, 0.15) is 20.8 Å². The molecule has 0 aliphatic carbocycles. The van der Waals surface area contributed by atoms with Gasteiger partial charge in [-0.15, -0.1) is 0 Å². The summed E-state index contributed by atoms with van der Waals surface area (Å²) in [6, 6.07) is 4.29. The van der Waals surface area contributed by atoms with E-state index >= 15 is 0 Å². The summed E-state index contributed by atoms with van der Waals surface area (Å²) in [5.41, 5.74) is 0. The summed E-state index contributed by atoms with van der Waals surface area (Å²) >= 11 is 0. The first-order valence-electron chi connectivity index (χ1n) is 8.81. The van der Waals surface area contributed by atoms with Crippen LogP contribution in [0.5, 0.6) is 17.2 Å². The van der Waals surface area contributed by atoms with Crippen LogP contribution in [0, 0.1) is 0 Å². The lowest BCUT2D eigenvalue weighted by molar-refractivity contribution is -0.361. The molecule has 3 aliphatic heterocycles. The van der Waals surface area contributed by atoms with Gasteiger partial charge in [0.2, 0.25) is 19.0 Å². The Hall–Kier alpha value is -2.07. The molecule has 3 heterocycles. The van der Waals surface area contributed by atoms with Crippen LogP contribution in [0.2, 0.25) is 0 Å². The summed E-state index contributed by atoms with van der Waals surface area (Å²) in [5, 5.41) is 13.5. The third kappa shape index (κ3) is 3.68. The zero-order chi connectivity index (χ0) is 19.2. The van der Waals surface area contributed by atoms with E-state index in [1.807, 2.05) is 0 Å². The second-order valence-corrected chi connectivity index (χ2v) is 7.19. The molecule has 5 atom stereocenters. The summed E-state index contributed by atoms with van der Waals surface area (Å²) in [6.45, 7) is 5.28. The third-order valence-electron chi connectivity index (χ3n) is 4.65. The number of benzene rings is 1. The summed E-state index contributed by atoms with van der Waals surface area (Å²) in [4.78, 5) is 11.7. The molecule has 1 amide bonds. The number of nitrogens with one attached hydrogen (secondary N) is 1. The number of aliphatic hydroxyl groups excluding tert-OH is 1. The first kappa shape index (κ1) is 18.3. The average molecular weight is 381 g/mol. The van der Waals surface area contributed by atoms with Crippen LogP contribution < -0.4 is 19.5 Å². The molecule has 2 fully saturated rings. The van der Waals surface area contributed by atoms with Crippen LogP contribution in [0.4, 0.5) is 0 Å². The Morgan fingerprint density at radius 3 is 2.85 bits per heavy atom. The SMILES string of the molecule is CC(=O)NC1C(Oc2ccc3c(c2)OCO3)OC2COC(C)(C)OC2C1O. The maximum absolute atomic E-state index is 11.7. The quantitative estimate of drug-likeness (QED) is 0.782. The zero-order valence-corrected chi connectivity index (χ0v) is 15.3. The van der Waals surface area contributed by atoms with Crippen molar-refractivity contribution in [2.45, 2.75) is 57.2 Å². The number of aliphatic hydroxyl groups is 1. The molecule has 2 N–H and O–H groups in total. The fraction of sp³-hybridized carbons (Fsp3) is 0.611. The van der Waals surface area contributed by atoms with Gasteiger partial charge in [0, 0.05) is 13.0 Å². The lowest BCUT2D eigenvalue weighted by atomic mass is 9.95. The number of hydrogen-bond donors (Lipinski definition) is 2. The maximum Gasteiger partial charge on any atom is 0.231 e. The van der Waals surface area contributed by atoms with Gasteiger partial charge in [-0.2, -0.15) is 0 Å². The third-order valence-corrected chi connectivity index (χ3v) is 4.65. The molecule has 27 heavy (non-hydrogen) atoms. The monoisotopic (exact) mass is 381 g/mol. The van der Waals surface area contributed by atoms with Crippen molar-refractivity contribution in [3.63, 3.8) is 0 Å². The number of ether oxygens (including phenoxy) is 6. The Bertz CT molecular complexity index is 723. The van der Waals surface area contributed by atoms with Gasteiger partial charge < -0.3 is 38.8 Å². The van der Waals surface area contributed by atoms with Gasteiger partial charge in [0.15, 0.2) is 17.3 Å². The Balaban J connectivity index is 1.55. The summed E-state index contributed by atoms with van der Waals surface area (Å²) in [5.74, 6) is 0.484. The van der Waals surface area contributed by atoms with Crippen LogP contribution in [0.3, 0.4) is 0 Å². The summed E-state index contributed by atoms with van der Waals surface area (Å²) < 4.78 is 34.0. The Labute approximate surface area is 156 Å². The van der Waals surface area contributed by atoms with Crippen LogP contribution >= 0.6 is 0 Å². The maximum atomic E-state index is 11.7. The van der Waals surface area contributed by atoms with Crippen molar-refractivity contribution in [2.24, 2.45) is 0 Å². The zero-order valence-electron chi connectivity index (χ0n) is 15.3. The van der Waals surface area contributed by atoms with E-state index in [9.17, 15) is 9.90 Å². The van der Waals surface area contributed by atoms with Crippen LogP contribution in [-0.4, -0.2) is 60.8 Å². The second kappa shape index (κ2) is 6.83. The van der Waals surface area contributed by atoms with E-state index in [0.29, 0.717) is 17.2 Å². The van der Waals surface area contributed by atoms with Gasteiger partial charge in [-0.25, -0.2) is 0 Å². The largest absolute Gasteiger partial charge is 0.462 e. The van der Waals surface area contributed by atoms with Gasteiger partial charge in [-0.3, -0.25) is 4.79 Å². The molecule has 0 radical (unpaired) electrons. The van der Waals surface area contributed by atoms with E-state index in [0.717, 1.165) is 0 Å². The molecule has 9 heteroatoms.